The van der Waals surface area contributed by atoms with Crippen LogP contribution in [0, 0.1) is 18.6 Å². The van der Waals surface area contributed by atoms with E-state index in [0.29, 0.717) is 3.70 Å². The topological polar surface area (TPSA) is 45.9 Å². The minimum Gasteiger partial charge on any atom is -0.403 e. The van der Waals surface area contributed by atoms with Crippen molar-refractivity contribution in [3.05, 3.63) is 19.0 Å². The molecule has 0 unspecified atom stereocenters. The van der Waals surface area contributed by atoms with Crippen LogP contribution in [-0.2, 0) is 0 Å². The fraction of sp³-hybridized carbons (Fsp3) is 0.143. The van der Waals surface area contributed by atoms with Crippen molar-refractivity contribution in [2.45, 2.75) is 6.36 Å². The van der Waals surface area contributed by atoms with Gasteiger partial charge < -0.3 is 4.74 Å². The highest BCUT2D eigenvalue weighted by molar-refractivity contribution is 14.1. The van der Waals surface area contributed by atoms with E-state index in [1.165, 1.54) is 0 Å². The van der Waals surface area contributed by atoms with Crippen molar-refractivity contribution < 1.29 is 17.9 Å². The molecule has 0 N–H and O–H groups in total. The third-order valence-corrected chi connectivity index (χ3v) is 4.12. The lowest BCUT2D eigenvalue weighted by Gasteiger charge is -2.11. The molecule has 0 fully saturated rings. The van der Waals surface area contributed by atoms with E-state index in [1.54, 1.807) is 51.3 Å². The van der Waals surface area contributed by atoms with E-state index in [0.717, 1.165) is 6.20 Å². The van der Waals surface area contributed by atoms with Gasteiger partial charge in [-0.3, -0.25) is 0 Å². The van der Waals surface area contributed by atoms with Crippen LogP contribution in [0.15, 0.2) is 6.20 Å². The Labute approximate surface area is 110 Å². The molecule has 3 nitrogen and oxygen atoms in total. The van der Waals surface area contributed by atoms with E-state index in [2.05, 4.69) is 9.72 Å². The molecule has 0 bridgehead atoms. The number of aromatic nitrogens is 1. The number of nitrogens with zero attached hydrogens (tertiary/aromatic N) is 2. The van der Waals surface area contributed by atoms with Crippen LogP contribution in [-0.4, -0.2) is 11.3 Å². The highest BCUT2D eigenvalue weighted by Gasteiger charge is 2.33. The van der Waals surface area contributed by atoms with Crippen LogP contribution < -0.4 is 4.74 Å². The highest BCUT2D eigenvalue weighted by Crippen LogP contribution is 2.32. The van der Waals surface area contributed by atoms with Crippen molar-refractivity contribution >= 4 is 45.2 Å². The molecule has 0 saturated carbocycles. The summed E-state index contributed by atoms with van der Waals surface area (Å²) in [4.78, 5) is 3.75. The van der Waals surface area contributed by atoms with E-state index in [4.69, 9.17) is 5.26 Å². The number of rotatable bonds is 1. The summed E-state index contributed by atoms with van der Waals surface area (Å²) in [6, 6.07) is 1.59. The Balaban J connectivity index is 3.26. The van der Waals surface area contributed by atoms with Gasteiger partial charge in [-0.2, -0.15) is 5.26 Å². The van der Waals surface area contributed by atoms with Crippen molar-refractivity contribution in [2.24, 2.45) is 0 Å². The molecule has 0 atom stereocenters. The molecule has 1 aromatic heterocycles. The maximum Gasteiger partial charge on any atom is 0.573 e. The van der Waals surface area contributed by atoms with Crippen molar-refractivity contribution in [1.29, 1.82) is 5.26 Å². The first-order valence-electron chi connectivity index (χ1n) is 3.35. The van der Waals surface area contributed by atoms with Crippen molar-refractivity contribution in [2.75, 3.05) is 0 Å². The van der Waals surface area contributed by atoms with Crippen LogP contribution in [0.2, 0.25) is 0 Å². The van der Waals surface area contributed by atoms with Gasteiger partial charge in [0.15, 0.2) is 5.75 Å². The molecule has 0 aliphatic heterocycles. The SMILES string of the molecule is N#Cc1cnc(I)c(I)c1OC(F)(F)F. The number of hydrogen-bond acceptors (Lipinski definition) is 3. The molecule has 0 amide bonds. The number of pyridine rings is 1. The first-order chi connectivity index (χ1) is 6.85. The molecule has 0 radical (unpaired) electrons. The lowest BCUT2D eigenvalue weighted by atomic mass is 10.3. The summed E-state index contributed by atoms with van der Waals surface area (Å²) in [6.45, 7) is 0. The zero-order valence-corrected chi connectivity index (χ0v) is 11.1. The predicted molar refractivity (Wildman–Crippen MR) is 61.1 cm³/mol. The minimum atomic E-state index is -4.81. The Morgan fingerprint density at radius 3 is 2.47 bits per heavy atom. The third-order valence-electron chi connectivity index (χ3n) is 1.27. The molecule has 15 heavy (non-hydrogen) atoms. The Hall–Kier alpha value is -0.310. The zero-order chi connectivity index (χ0) is 11.6. The summed E-state index contributed by atoms with van der Waals surface area (Å²) in [5.41, 5.74) is -0.239. The largest absolute Gasteiger partial charge is 0.573 e. The van der Waals surface area contributed by atoms with Crippen molar-refractivity contribution in [3.63, 3.8) is 0 Å². The Bertz CT molecular complexity index is 427. The van der Waals surface area contributed by atoms with Crippen LogP contribution in [0.5, 0.6) is 5.75 Å². The van der Waals surface area contributed by atoms with E-state index in [-0.39, 0.29) is 9.13 Å². The summed E-state index contributed by atoms with van der Waals surface area (Å²) >= 11 is 3.41. The molecule has 1 rings (SSSR count). The van der Waals surface area contributed by atoms with Crippen LogP contribution in [0.25, 0.3) is 0 Å². The first-order valence-corrected chi connectivity index (χ1v) is 5.50. The molecular weight excluding hydrogens is 439 g/mol. The highest BCUT2D eigenvalue weighted by atomic mass is 127. The molecule has 8 heteroatoms. The molecule has 0 saturated heterocycles. The molecule has 0 aliphatic carbocycles. The van der Waals surface area contributed by atoms with Gasteiger partial charge in [0.05, 0.1) is 3.57 Å². The second-order valence-corrected chi connectivity index (χ2v) is 4.37. The zero-order valence-electron chi connectivity index (χ0n) is 6.77. The minimum absolute atomic E-state index is 0.171. The van der Waals surface area contributed by atoms with Gasteiger partial charge in [-0.05, 0) is 45.2 Å². The van der Waals surface area contributed by atoms with Gasteiger partial charge in [0.25, 0.3) is 0 Å². The quantitative estimate of drug-likeness (QED) is 0.499. The van der Waals surface area contributed by atoms with Gasteiger partial charge in [0, 0.05) is 6.20 Å². The Kier molecular flexibility index (Phi) is 3.99. The number of hydrogen-bond donors (Lipinski definition) is 0. The molecule has 80 valence electrons. The summed E-state index contributed by atoms with van der Waals surface area (Å²) in [6.07, 6.45) is -3.76. The van der Waals surface area contributed by atoms with Gasteiger partial charge in [0.1, 0.15) is 15.3 Å². The van der Waals surface area contributed by atoms with Crippen molar-refractivity contribution in [1.82, 2.24) is 4.98 Å². The van der Waals surface area contributed by atoms with Gasteiger partial charge in [-0.25, -0.2) is 4.98 Å². The van der Waals surface area contributed by atoms with E-state index in [9.17, 15) is 13.2 Å². The van der Waals surface area contributed by atoms with Crippen molar-refractivity contribution in [3.8, 4) is 11.8 Å². The maximum atomic E-state index is 12.0. The average Bonchev–Trinajstić information content (AvgIpc) is 2.11. The van der Waals surface area contributed by atoms with Gasteiger partial charge in [0.2, 0.25) is 0 Å². The van der Waals surface area contributed by atoms with Gasteiger partial charge in [-0.15, -0.1) is 13.2 Å². The molecule has 0 spiro atoms. The average molecular weight is 440 g/mol. The number of halogens is 5. The number of alkyl halides is 3. The molecule has 1 aromatic rings. The van der Waals surface area contributed by atoms with Crippen LogP contribution >= 0.6 is 45.2 Å². The number of ether oxygens (including phenoxy) is 1. The summed E-state index contributed by atoms with van der Waals surface area (Å²) in [5, 5.41) is 8.59. The van der Waals surface area contributed by atoms with Gasteiger partial charge >= 0.3 is 6.36 Å². The molecule has 0 aliphatic rings. The second kappa shape index (κ2) is 4.69. The van der Waals surface area contributed by atoms with Crippen LogP contribution in [0.3, 0.4) is 0 Å². The Morgan fingerprint density at radius 2 is 2.00 bits per heavy atom. The van der Waals surface area contributed by atoms with E-state index < -0.39 is 12.1 Å². The molecular formula is C7HF3I2N2O. The number of nitriles is 1. The maximum absolute atomic E-state index is 12.0. The summed E-state index contributed by atoms with van der Waals surface area (Å²) < 4.78 is 40.3. The second-order valence-electron chi connectivity index (χ2n) is 2.27. The molecule has 0 aromatic carbocycles. The fourth-order valence-corrected chi connectivity index (χ4v) is 1.67. The third kappa shape index (κ3) is 3.33. The monoisotopic (exact) mass is 440 g/mol. The first kappa shape index (κ1) is 12.8. The van der Waals surface area contributed by atoms with Crippen LogP contribution in [0.4, 0.5) is 13.2 Å². The standard InChI is InChI=1S/C7HF3I2N2O/c8-7(9,10)15-5-3(1-13)2-14-6(12)4(5)11/h2H. The molecule has 1 heterocycles. The predicted octanol–water partition coefficient (Wildman–Crippen LogP) is 3.06. The smallest absolute Gasteiger partial charge is 0.403 e. The Morgan fingerprint density at radius 1 is 1.40 bits per heavy atom. The van der Waals surface area contributed by atoms with E-state index >= 15 is 0 Å². The van der Waals surface area contributed by atoms with Gasteiger partial charge in [-0.1, -0.05) is 0 Å². The lowest BCUT2D eigenvalue weighted by molar-refractivity contribution is -0.275. The van der Waals surface area contributed by atoms with E-state index in [1.807, 2.05) is 0 Å². The fourth-order valence-electron chi connectivity index (χ4n) is 0.744. The summed E-state index contributed by atoms with van der Waals surface area (Å²) in [7, 11) is 0. The lowest BCUT2D eigenvalue weighted by Crippen LogP contribution is -2.19. The van der Waals surface area contributed by atoms with Crippen LogP contribution in [0.1, 0.15) is 5.56 Å². The normalized spacial score (nSPS) is 10.9. The summed E-state index contributed by atoms with van der Waals surface area (Å²) in [5.74, 6) is -0.495.